The summed E-state index contributed by atoms with van der Waals surface area (Å²) in [4.78, 5) is 2.69. The van der Waals surface area contributed by atoms with Crippen molar-refractivity contribution in [1.29, 1.82) is 0 Å². The predicted octanol–water partition coefficient (Wildman–Crippen LogP) is 15.4. The molecule has 46 heavy (non-hydrogen) atoms. The maximum absolute atomic E-state index is 3.74. The molecule has 0 bridgehead atoms. The average Bonchev–Trinajstić information content (AvgIpc) is 3.83. The number of halogens is 2. The Kier molecular flexibility index (Phi) is 11.7. The first-order chi connectivity index (χ1) is 22.5. The van der Waals surface area contributed by atoms with Crippen LogP contribution in [0.1, 0.15) is 122 Å². The highest BCUT2D eigenvalue weighted by molar-refractivity contribution is 9.11. The Morgan fingerprint density at radius 3 is 1.70 bits per heavy atom. The van der Waals surface area contributed by atoms with Crippen LogP contribution in [0, 0.1) is 0 Å². The minimum absolute atomic E-state index is 0.0397. The van der Waals surface area contributed by atoms with Gasteiger partial charge in [-0.2, -0.15) is 0 Å². The molecule has 2 aromatic carbocycles. The molecule has 1 nitrogen and oxygen atoms in total. The molecule has 0 fully saturated rings. The van der Waals surface area contributed by atoms with Crippen molar-refractivity contribution in [1.82, 2.24) is 4.57 Å². The van der Waals surface area contributed by atoms with Crippen molar-refractivity contribution in [2.24, 2.45) is 0 Å². The van der Waals surface area contributed by atoms with Crippen LogP contribution in [0.5, 0.6) is 0 Å². The van der Waals surface area contributed by atoms with E-state index in [4.69, 9.17) is 0 Å². The van der Waals surface area contributed by atoms with Gasteiger partial charge in [0.2, 0.25) is 0 Å². The van der Waals surface area contributed by atoms with E-state index in [2.05, 4.69) is 118 Å². The van der Waals surface area contributed by atoms with E-state index in [1.807, 2.05) is 22.7 Å². The van der Waals surface area contributed by atoms with E-state index in [0.717, 1.165) is 6.54 Å². The van der Waals surface area contributed by atoms with Crippen LogP contribution in [0.2, 0.25) is 0 Å². The van der Waals surface area contributed by atoms with Crippen LogP contribution in [0.15, 0.2) is 68.2 Å². The lowest BCUT2D eigenvalue weighted by Crippen LogP contribution is -2.25. The van der Waals surface area contributed by atoms with Gasteiger partial charge in [0, 0.05) is 38.2 Å². The quantitative estimate of drug-likeness (QED) is 0.0829. The van der Waals surface area contributed by atoms with Gasteiger partial charge in [0.05, 0.1) is 13.3 Å². The number of rotatable bonds is 17. The molecule has 0 spiro atoms. The first-order valence-corrected chi connectivity index (χ1v) is 21.1. The summed E-state index contributed by atoms with van der Waals surface area (Å²) in [5, 5.41) is 1.48. The Balaban J connectivity index is 1.51. The molecule has 1 aliphatic rings. The van der Waals surface area contributed by atoms with Crippen LogP contribution >= 0.6 is 54.5 Å². The van der Waals surface area contributed by atoms with Gasteiger partial charge in [0.1, 0.15) is 0 Å². The second kappa shape index (κ2) is 15.7. The first kappa shape index (κ1) is 34.2. The van der Waals surface area contributed by atoms with Gasteiger partial charge < -0.3 is 4.57 Å². The van der Waals surface area contributed by atoms with Gasteiger partial charge in [0.15, 0.2) is 0 Å². The third-order valence-corrected chi connectivity index (χ3v) is 13.6. The fraction of sp³-hybridized carbons (Fsp3) is 0.463. The van der Waals surface area contributed by atoms with E-state index < -0.39 is 0 Å². The summed E-state index contributed by atoms with van der Waals surface area (Å²) in [6.07, 6.45) is 18.5. The topological polar surface area (TPSA) is 4.93 Å². The molecular formula is C41H49Br2NS2. The molecule has 5 aromatic rings. The molecule has 0 saturated carbocycles. The zero-order valence-corrected chi connectivity index (χ0v) is 32.7. The Hall–Kier alpha value is -1.66. The number of unbranched alkanes of at least 4 members (excludes halogenated alkanes) is 10. The third kappa shape index (κ3) is 6.91. The monoisotopic (exact) mass is 777 g/mol. The second-order valence-electron chi connectivity index (χ2n) is 13.3. The maximum atomic E-state index is 3.74. The first-order valence-electron chi connectivity index (χ1n) is 17.8. The van der Waals surface area contributed by atoms with Crippen molar-refractivity contribution in [2.75, 3.05) is 0 Å². The summed E-state index contributed by atoms with van der Waals surface area (Å²) in [5.74, 6) is 0. The summed E-state index contributed by atoms with van der Waals surface area (Å²) in [6.45, 7) is 7.97. The zero-order chi connectivity index (χ0) is 32.1. The molecule has 3 aromatic heterocycles. The highest BCUT2D eigenvalue weighted by atomic mass is 79.9. The molecule has 244 valence electrons. The van der Waals surface area contributed by atoms with E-state index in [-0.39, 0.29) is 5.41 Å². The van der Waals surface area contributed by atoms with Crippen molar-refractivity contribution in [3.05, 3.63) is 79.4 Å². The molecule has 0 aliphatic heterocycles. The summed E-state index contributed by atoms with van der Waals surface area (Å²) < 4.78 is 5.04. The highest BCUT2D eigenvalue weighted by Crippen LogP contribution is 2.58. The van der Waals surface area contributed by atoms with E-state index in [9.17, 15) is 0 Å². The molecule has 0 atom stereocenters. The molecule has 1 aliphatic carbocycles. The number of hydrogen-bond donors (Lipinski definition) is 0. The Labute approximate surface area is 302 Å². The highest BCUT2D eigenvalue weighted by Gasteiger charge is 2.46. The minimum Gasteiger partial charge on any atom is -0.341 e. The summed E-state index contributed by atoms with van der Waals surface area (Å²) in [6, 6.07) is 23.7. The lowest BCUT2D eigenvalue weighted by atomic mass is 9.69. The average molecular weight is 780 g/mol. The summed E-state index contributed by atoms with van der Waals surface area (Å²) in [5.41, 5.74) is 10.3. The Morgan fingerprint density at radius 2 is 1.15 bits per heavy atom. The maximum Gasteiger partial charge on any atom is 0.0705 e. The van der Waals surface area contributed by atoms with E-state index in [1.165, 1.54) is 141 Å². The molecule has 0 amide bonds. The SMILES string of the molecule is CCCCCCCCC1(CCCCCCCC)c2cc(-c3ccc(Br)s3)ccc2-c2c1c1cc(-c3ccc(Br)s3)ccc1n2CC. The summed E-state index contributed by atoms with van der Waals surface area (Å²) in [7, 11) is 0. The van der Waals surface area contributed by atoms with Crippen molar-refractivity contribution >= 4 is 65.4 Å². The smallest absolute Gasteiger partial charge is 0.0705 e. The third-order valence-electron chi connectivity index (χ3n) is 10.3. The lowest BCUT2D eigenvalue weighted by Gasteiger charge is -2.33. The summed E-state index contributed by atoms with van der Waals surface area (Å²) >= 11 is 11.1. The van der Waals surface area contributed by atoms with Gasteiger partial charge in [-0.15, -0.1) is 22.7 Å². The van der Waals surface area contributed by atoms with Gasteiger partial charge >= 0.3 is 0 Å². The van der Waals surface area contributed by atoms with Crippen molar-refractivity contribution in [3.8, 4) is 32.1 Å². The van der Waals surface area contributed by atoms with Gasteiger partial charge in [0.25, 0.3) is 0 Å². The van der Waals surface area contributed by atoms with Crippen molar-refractivity contribution < 1.29 is 0 Å². The van der Waals surface area contributed by atoms with E-state index in [1.54, 1.807) is 11.1 Å². The number of nitrogens with zero attached hydrogens (tertiary/aromatic N) is 1. The van der Waals surface area contributed by atoms with Gasteiger partial charge in [-0.05, 0) is 116 Å². The van der Waals surface area contributed by atoms with Crippen LogP contribution in [0.4, 0.5) is 0 Å². The lowest BCUT2D eigenvalue weighted by molar-refractivity contribution is 0.400. The largest absolute Gasteiger partial charge is 0.341 e. The minimum atomic E-state index is 0.0397. The fourth-order valence-corrected chi connectivity index (χ4v) is 10.8. The van der Waals surface area contributed by atoms with Gasteiger partial charge in [-0.3, -0.25) is 0 Å². The van der Waals surface area contributed by atoms with Crippen LogP contribution in [0.25, 0.3) is 43.0 Å². The fourth-order valence-electron chi connectivity index (χ4n) is 8.03. The molecule has 0 radical (unpaired) electrons. The normalized spacial score (nSPS) is 13.5. The molecule has 6 rings (SSSR count). The van der Waals surface area contributed by atoms with Crippen LogP contribution < -0.4 is 0 Å². The zero-order valence-electron chi connectivity index (χ0n) is 27.9. The van der Waals surface area contributed by atoms with E-state index >= 15 is 0 Å². The predicted molar refractivity (Wildman–Crippen MR) is 212 cm³/mol. The van der Waals surface area contributed by atoms with Crippen LogP contribution in [-0.4, -0.2) is 4.57 Å². The number of thiophene rings is 2. The molecule has 0 N–H and O–H groups in total. The molecule has 0 saturated heterocycles. The molecule has 3 heterocycles. The van der Waals surface area contributed by atoms with Crippen molar-refractivity contribution in [2.45, 2.75) is 123 Å². The number of benzene rings is 2. The molecule has 0 unspecified atom stereocenters. The number of aromatic nitrogens is 1. The number of hydrogen-bond acceptors (Lipinski definition) is 2. The molecular weight excluding hydrogens is 730 g/mol. The second-order valence-corrected chi connectivity index (χ2v) is 18.2. The van der Waals surface area contributed by atoms with E-state index in [0.29, 0.717) is 0 Å². The van der Waals surface area contributed by atoms with Crippen molar-refractivity contribution in [3.63, 3.8) is 0 Å². The number of fused-ring (bicyclic) bond motifs is 5. The molecule has 5 heteroatoms. The van der Waals surface area contributed by atoms with Crippen LogP contribution in [0.3, 0.4) is 0 Å². The van der Waals surface area contributed by atoms with Gasteiger partial charge in [-0.1, -0.05) is 109 Å². The Morgan fingerprint density at radius 1 is 0.609 bits per heavy atom. The number of aryl methyl sites for hydroxylation is 1. The Bertz CT molecular complexity index is 1740. The van der Waals surface area contributed by atoms with Crippen LogP contribution in [-0.2, 0) is 12.0 Å². The standard InChI is InChI=1S/C41H49Br2NS2/c1-4-7-9-11-13-15-25-41(26-16-14-12-10-8-5-2)33-28-30(36-22-24-38(43)46-36)17-19-31(33)40-39(41)32-27-29(35-21-23-37(42)45-35)18-20-34(32)44(40)6-3/h17-24,27-28H,4-16,25-26H2,1-3H3. The van der Waals surface area contributed by atoms with Gasteiger partial charge in [-0.25, -0.2) is 0 Å².